The van der Waals surface area contributed by atoms with Gasteiger partial charge in [-0.15, -0.1) is 0 Å². The van der Waals surface area contributed by atoms with Crippen molar-refractivity contribution >= 4 is 10.8 Å². The van der Waals surface area contributed by atoms with Crippen LogP contribution in [0.25, 0.3) is 10.8 Å². The maximum atomic E-state index is 11.8. The van der Waals surface area contributed by atoms with E-state index < -0.39 is 5.43 Å². The van der Waals surface area contributed by atoms with Crippen LogP contribution in [-0.4, -0.2) is 12.2 Å². The van der Waals surface area contributed by atoms with Gasteiger partial charge in [-0.3, -0.25) is 4.79 Å². The zero-order valence-corrected chi connectivity index (χ0v) is 8.23. The Labute approximate surface area is 86.6 Å². The first-order valence-electron chi connectivity index (χ1n) is 4.53. The second-order valence-electron chi connectivity index (χ2n) is 3.17. The molecule has 2 rings (SSSR count). The number of aromatic hydroxyl groups is 1. The SMILES string of the molecule is COc1ccc2ccccc2c(=O)c1O. The molecule has 0 heterocycles. The van der Waals surface area contributed by atoms with Crippen molar-refractivity contribution in [1.29, 1.82) is 0 Å². The molecule has 0 aromatic heterocycles. The minimum absolute atomic E-state index is 0.191. The third-order valence-electron chi connectivity index (χ3n) is 2.29. The standard InChI is InChI=1S/C12H10O3/c1-15-10-7-6-8-4-2-3-5-9(8)11(13)12(10)14/h2-7H,1H3,(H,13,14). The van der Waals surface area contributed by atoms with Gasteiger partial charge in [0, 0.05) is 5.39 Å². The first kappa shape index (κ1) is 9.52. The lowest BCUT2D eigenvalue weighted by Gasteiger charge is -1.95. The Morgan fingerprint density at radius 3 is 2.60 bits per heavy atom. The molecule has 0 saturated heterocycles. The van der Waals surface area contributed by atoms with Crippen molar-refractivity contribution in [3.05, 3.63) is 46.6 Å². The van der Waals surface area contributed by atoms with Crippen LogP contribution in [0.4, 0.5) is 0 Å². The van der Waals surface area contributed by atoms with Crippen LogP contribution >= 0.6 is 0 Å². The summed E-state index contributed by atoms with van der Waals surface area (Å²) in [5, 5.41) is 10.9. The van der Waals surface area contributed by atoms with Crippen LogP contribution in [0.3, 0.4) is 0 Å². The van der Waals surface area contributed by atoms with Gasteiger partial charge in [0.25, 0.3) is 0 Å². The van der Waals surface area contributed by atoms with Gasteiger partial charge in [-0.05, 0) is 11.5 Å². The highest BCUT2D eigenvalue weighted by Crippen LogP contribution is 2.22. The van der Waals surface area contributed by atoms with Gasteiger partial charge in [0.2, 0.25) is 11.2 Å². The molecule has 0 atom stereocenters. The molecule has 15 heavy (non-hydrogen) atoms. The minimum Gasteiger partial charge on any atom is -0.502 e. The lowest BCUT2D eigenvalue weighted by molar-refractivity contribution is 0.372. The van der Waals surface area contributed by atoms with Crippen LogP contribution < -0.4 is 10.2 Å². The molecule has 0 unspecified atom stereocenters. The highest BCUT2D eigenvalue weighted by atomic mass is 16.5. The summed E-state index contributed by atoms with van der Waals surface area (Å²) in [7, 11) is 1.42. The number of rotatable bonds is 1. The van der Waals surface area contributed by atoms with Crippen LogP contribution in [0, 0.1) is 0 Å². The lowest BCUT2D eigenvalue weighted by Crippen LogP contribution is -1.98. The molecule has 0 spiro atoms. The number of benzene rings is 1. The van der Waals surface area contributed by atoms with Gasteiger partial charge in [-0.1, -0.05) is 30.3 Å². The molecule has 2 aromatic carbocycles. The molecule has 0 bridgehead atoms. The van der Waals surface area contributed by atoms with E-state index in [4.69, 9.17) is 4.74 Å². The minimum atomic E-state index is -0.410. The molecule has 0 amide bonds. The number of methoxy groups -OCH3 is 1. The first-order valence-corrected chi connectivity index (χ1v) is 4.53. The molecule has 0 radical (unpaired) electrons. The summed E-state index contributed by atoms with van der Waals surface area (Å²) in [6.07, 6.45) is 0. The molecular formula is C12H10O3. The Bertz CT molecular complexity index is 561. The van der Waals surface area contributed by atoms with Gasteiger partial charge in [-0.25, -0.2) is 0 Å². The van der Waals surface area contributed by atoms with Crippen molar-refractivity contribution < 1.29 is 9.84 Å². The zero-order valence-electron chi connectivity index (χ0n) is 8.23. The van der Waals surface area contributed by atoms with Crippen LogP contribution in [0.5, 0.6) is 11.5 Å². The van der Waals surface area contributed by atoms with Crippen molar-refractivity contribution in [3.63, 3.8) is 0 Å². The second kappa shape index (κ2) is 3.61. The predicted molar refractivity (Wildman–Crippen MR) is 58.4 cm³/mol. The van der Waals surface area contributed by atoms with Crippen molar-refractivity contribution in [1.82, 2.24) is 0 Å². The van der Waals surface area contributed by atoms with E-state index in [0.717, 1.165) is 5.39 Å². The monoisotopic (exact) mass is 202 g/mol. The third-order valence-corrected chi connectivity index (χ3v) is 2.29. The summed E-state index contributed by atoms with van der Waals surface area (Å²) in [6, 6.07) is 10.4. The fourth-order valence-electron chi connectivity index (χ4n) is 1.50. The van der Waals surface area contributed by atoms with E-state index in [0.29, 0.717) is 5.39 Å². The van der Waals surface area contributed by atoms with Crippen molar-refractivity contribution in [2.75, 3.05) is 7.11 Å². The molecule has 3 nitrogen and oxygen atoms in total. The molecule has 0 saturated carbocycles. The summed E-state index contributed by atoms with van der Waals surface area (Å²) < 4.78 is 4.91. The topological polar surface area (TPSA) is 46.5 Å². The van der Waals surface area contributed by atoms with Crippen molar-refractivity contribution in [3.8, 4) is 11.5 Å². The van der Waals surface area contributed by atoms with E-state index in [1.807, 2.05) is 12.1 Å². The molecule has 76 valence electrons. The molecule has 3 heteroatoms. The Morgan fingerprint density at radius 2 is 1.87 bits per heavy atom. The van der Waals surface area contributed by atoms with Gasteiger partial charge >= 0.3 is 0 Å². The second-order valence-corrected chi connectivity index (χ2v) is 3.17. The molecule has 0 fully saturated rings. The van der Waals surface area contributed by atoms with E-state index in [1.165, 1.54) is 7.11 Å². The summed E-state index contributed by atoms with van der Waals surface area (Å²) in [5.74, 6) is -0.157. The average Bonchev–Trinajstić information content (AvgIpc) is 2.39. The van der Waals surface area contributed by atoms with Crippen molar-refractivity contribution in [2.24, 2.45) is 0 Å². The molecule has 2 aromatic rings. The van der Waals surface area contributed by atoms with Gasteiger partial charge in [-0.2, -0.15) is 0 Å². The Kier molecular flexibility index (Phi) is 2.29. The molecule has 0 aliphatic heterocycles. The zero-order chi connectivity index (χ0) is 10.8. The fourth-order valence-corrected chi connectivity index (χ4v) is 1.50. The summed E-state index contributed by atoms with van der Waals surface area (Å²) in [4.78, 5) is 11.8. The van der Waals surface area contributed by atoms with E-state index >= 15 is 0 Å². The lowest BCUT2D eigenvalue weighted by atomic mass is 10.2. The molecular weight excluding hydrogens is 192 g/mol. The number of hydrogen-bond donors (Lipinski definition) is 1. The van der Waals surface area contributed by atoms with Crippen LogP contribution in [0.1, 0.15) is 0 Å². The normalized spacial score (nSPS) is 10.2. The van der Waals surface area contributed by atoms with Gasteiger partial charge in [0.05, 0.1) is 7.11 Å². The summed E-state index contributed by atoms with van der Waals surface area (Å²) in [6.45, 7) is 0. The van der Waals surface area contributed by atoms with Gasteiger partial charge in [0.15, 0.2) is 5.75 Å². The summed E-state index contributed by atoms with van der Waals surface area (Å²) in [5.41, 5.74) is -0.410. The molecule has 0 aliphatic rings. The van der Waals surface area contributed by atoms with Crippen molar-refractivity contribution in [2.45, 2.75) is 0 Å². The van der Waals surface area contributed by atoms with E-state index in [2.05, 4.69) is 0 Å². The van der Waals surface area contributed by atoms with Crippen LogP contribution in [0.2, 0.25) is 0 Å². The maximum Gasteiger partial charge on any atom is 0.231 e. The Morgan fingerprint density at radius 1 is 1.13 bits per heavy atom. The highest BCUT2D eigenvalue weighted by Gasteiger charge is 2.06. The number of hydrogen-bond acceptors (Lipinski definition) is 3. The summed E-state index contributed by atoms with van der Waals surface area (Å²) >= 11 is 0. The Balaban J connectivity index is 2.98. The van der Waals surface area contributed by atoms with Crippen LogP contribution in [0.15, 0.2) is 41.2 Å². The van der Waals surface area contributed by atoms with Gasteiger partial charge < -0.3 is 9.84 Å². The quantitative estimate of drug-likeness (QED) is 0.768. The number of fused-ring (bicyclic) bond motifs is 1. The molecule has 1 N–H and O–H groups in total. The van der Waals surface area contributed by atoms with Gasteiger partial charge in [0.1, 0.15) is 0 Å². The fraction of sp³-hybridized carbons (Fsp3) is 0.0833. The Hall–Kier alpha value is -2.03. The maximum absolute atomic E-state index is 11.8. The molecule has 0 aliphatic carbocycles. The predicted octanol–water partition coefficient (Wildman–Crippen LogP) is 1.91. The smallest absolute Gasteiger partial charge is 0.231 e. The largest absolute Gasteiger partial charge is 0.502 e. The van der Waals surface area contributed by atoms with E-state index in [1.54, 1.807) is 24.3 Å². The third kappa shape index (κ3) is 1.52. The highest BCUT2D eigenvalue weighted by molar-refractivity contribution is 5.83. The van der Waals surface area contributed by atoms with Crippen LogP contribution in [-0.2, 0) is 0 Å². The van der Waals surface area contributed by atoms with E-state index in [-0.39, 0.29) is 11.5 Å². The number of ether oxygens (including phenoxy) is 1. The van der Waals surface area contributed by atoms with E-state index in [9.17, 15) is 9.90 Å². The first-order chi connectivity index (χ1) is 7.24. The average molecular weight is 202 g/mol.